The van der Waals surface area contributed by atoms with Gasteiger partial charge in [0.2, 0.25) is 0 Å². The molecule has 1 aliphatic heterocycles. The first-order valence-corrected chi connectivity index (χ1v) is 4.68. The first kappa shape index (κ1) is 9.01. The summed E-state index contributed by atoms with van der Waals surface area (Å²) in [4.78, 5) is 2.53. The normalized spacial score (nSPS) is 25.4. The van der Waals surface area contributed by atoms with Crippen molar-refractivity contribution in [3.05, 3.63) is 0 Å². The highest BCUT2D eigenvalue weighted by molar-refractivity contribution is 4.88. The van der Waals surface area contributed by atoms with E-state index in [1.165, 1.54) is 32.4 Å². The van der Waals surface area contributed by atoms with Gasteiger partial charge in [0.25, 0.3) is 0 Å². The zero-order valence-electron chi connectivity index (χ0n) is 7.77. The molecule has 0 aromatic rings. The van der Waals surface area contributed by atoms with Gasteiger partial charge in [0.1, 0.15) is 0 Å². The van der Waals surface area contributed by atoms with E-state index in [0.717, 1.165) is 6.54 Å². The van der Waals surface area contributed by atoms with Crippen LogP contribution in [-0.2, 0) is 0 Å². The summed E-state index contributed by atoms with van der Waals surface area (Å²) in [5, 5.41) is 0. The highest BCUT2D eigenvalue weighted by Crippen LogP contribution is 2.22. The molecule has 1 atom stereocenters. The summed E-state index contributed by atoms with van der Waals surface area (Å²) in [5.74, 6) is 0. The van der Waals surface area contributed by atoms with Gasteiger partial charge >= 0.3 is 0 Å². The summed E-state index contributed by atoms with van der Waals surface area (Å²) >= 11 is 0. The monoisotopic (exact) mass is 156 g/mol. The fourth-order valence-corrected chi connectivity index (χ4v) is 1.75. The van der Waals surface area contributed by atoms with E-state index < -0.39 is 0 Å². The molecule has 0 aliphatic carbocycles. The molecule has 11 heavy (non-hydrogen) atoms. The molecular weight excluding hydrogens is 136 g/mol. The highest BCUT2D eigenvalue weighted by atomic mass is 15.2. The number of nitrogens with zero attached hydrogens (tertiary/aromatic N) is 1. The van der Waals surface area contributed by atoms with E-state index in [1.54, 1.807) is 0 Å². The largest absolute Gasteiger partial charge is 0.329 e. The minimum absolute atomic E-state index is 0.274. The van der Waals surface area contributed by atoms with Gasteiger partial charge in [-0.25, -0.2) is 0 Å². The maximum Gasteiger partial charge on any atom is 0.0300 e. The Balaban J connectivity index is 2.52. The van der Waals surface area contributed by atoms with Gasteiger partial charge in [-0.15, -0.1) is 0 Å². The predicted octanol–water partition coefficient (Wildman–Crippen LogP) is 1.21. The minimum atomic E-state index is 0.274. The maximum atomic E-state index is 5.76. The van der Waals surface area contributed by atoms with E-state index in [2.05, 4.69) is 18.7 Å². The molecule has 0 amide bonds. The van der Waals surface area contributed by atoms with Crippen molar-refractivity contribution in [3.63, 3.8) is 0 Å². The van der Waals surface area contributed by atoms with Crippen molar-refractivity contribution in [3.8, 4) is 0 Å². The van der Waals surface area contributed by atoms with Crippen molar-refractivity contribution >= 4 is 0 Å². The topological polar surface area (TPSA) is 29.3 Å². The second-order valence-electron chi connectivity index (χ2n) is 3.75. The van der Waals surface area contributed by atoms with Crippen LogP contribution < -0.4 is 5.73 Å². The summed E-state index contributed by atoms with van der Waals surface area (Å²) in [7, 11) is 0. The van der Waals surface area contributed by atoms with E-state index in [9.17, 15) is 0 Å². The quantitative estimate of drug-likeness (QED) is 0.665. The molecule has 1 heterocycles. The predicted molar refractivity (Wildman–Crippen MR) is 48.6 cm³/mol. The molecule has 0 aromatic heterocycles. The second-order valence-corrected chi connectivity index (χ2v) is 3.75. The van der Waals surface area contributed by atoms with Crippen molar-refractivity contribution in [2.24, 2.45) is 5.73 Å². The van der Waals surface area contributed by atoms with Crippen LogP contribution >= 0.6 is 0 Å². The van der Waals surface area contributed by atoms with Crippen molar-refractivity contribution in [2.75, 3.05) is 19.6 Å². The average molecular weight is 156 g/mol. The lowest BCUT2D eigenvalue weighted by Crippen LogP contribution is -2.49. The Kier molecular flexibility index (Phi) is 2.90. The fraction of sp³-hybridized carbons (Fsp3) is 1.00. The van der Waals surface area contributed by atoms with Gasteiger partial charge in [-0.05, 0) is 39.3 Å². The Labute approximate surface area is 69.8 Å². The number of hydrogen-bond donors (Lipinski definition) is 1. The Morgan fingerprint density at radius 2 is 1.91 bits per heavy atom. The molecule has 0 spiro atoms. The maximum absolute atomic E-state index is 5.76. The Hall–Kier alpha value is -0.0800. The van der Waals surface area contributed by atoms with E-state index in [4.69, 9.17) is 5.73 Å². The Bertz CT molecular complexity index is 113. The third-order valence-corrected chi connectivity index (χ3v) is 3.07. The molecule has 0 radical (unpaired) electrons. The van der Waals surface area contributed by atoms with Gasteiger partial charge in [0, 0.05) is 12.1 Å². The van der Waals surface area contributed by atoms with Crippen molar-refractivity contribution in [1.82, 2.24) is 4.90 Å². The summed E-state index contributed by atoms with van der Waals surface area (Å²) < 4.78 is 0. The van der Waals surface area contributed by atoms with Gasteiger partial charge in [-0.3, -0.25) is 4.90 Å². The Morgan fingerprint density at radius 1 is 1.36 bits per heavy atom. The third kappa shape index (κ3) is 1.74. The van der Waals surface area contributed by atoms with E-state index in [-0.39, 0.29) is 5.54 Å². The van der Waals surface area contributed by atoms with Crippen LogP contribution in [0, 0.1) is 0 Å². The lowest BCUT2D eigenvalue weighted by atomic mass is 9.97. The van der Waals surface area contributed by atoms with E-state index in [0.29, 0.717) is 0 Å². The smallest absolute Gasteiger partial charge is 0.0300 e. The minimum Gasteiger partial charge on any atom is -0.329 e. The zero-order chi connectivity index (χ0) is 8.32. The highest BCUT2D eigenvalue weighted by Gasteiger charge is 2.30. The first-order chi connectivity index (χ1) is 5.23. The number of likely N-dealkylation sites (tertiary alicyclic amines) is 1. The molecule has 2 heteroatoms. The molecule has 1 aliphatic rings. The van der Waals surface area contributed by atoms with Crippen LogP contribution in [0.15, 0.2) is 0 Å². The summed E-state index contributed by atoms with van der Waals surface area (Å²) in [6.07, 6.45) is 3.88. The van der Waals surface area contributed by atoms with Gasteiger partial charge in [0.05, 0.1) is 0 Å². The molecule has 0 saturated carbocycles. The van der Waals surface area contributed by atoms with E-state index in [1.807, 2.05) is 0 Å². The van der Waals surface area contributed by atoms with Crippen molar-refractivity contribution in [2.45, 2.75) is 38.6 Å². The third-order valence-electron chi connectivity index (χ3n) is 3.07. The molecule has 1 fully saturated rings. The second kappa shape index (κ2) is 3.55. The van der Waals surface area contributed by atoms with E-state index >= 15 is 0 Å². The number of nitrogens with two attached hydrogens (primary N) is 1. The molecule has 1 unspecified atom stereocenters. The summed E-state index contributed by atoms with van der Waals surface area (Å²) in [5.41, 5.74) is 6.03. The molecule has 0 aromatic carbocycles. The Morgan fingerprint density at radius 3 is 2.27 bits per heavy atom. The lowest BCUT2D eigenvalue weighted by molar-refractivity contribution is 0.138. The van der Waals surface area contributed by atoms with Gasteiger partial charge in [-0.2, -0.15) is 0 Å². The molecular formula is C9H20N2. The number of hydrogen-bond acceptors (Lipinski definition) is 2. The van der Waals surface area contributed by atoms with Crippen molar-refractivity contribution < 1.29 is 0 Å². The van der Waals surface area contributed by atoms with Crippen LogP contribution in [0.5, 0.6) is 0 Å². The van der Waals surface area contributed by atoms with Crippen LogP contribution in [-0.4, -0.2) is 30.1 Å². The molecule has 0 bridgehead atoms. The SMILES string of the molecule is CCC(C)(CN)N1CCCC1. The molecule has 2 N–H and O–H groups in total. The lowest BCUT2D eigenvalue weighted by Gasteiger charge is -2.37. The van der Waals surface area contributed by atoms with Crippen LogP contribution in [0.2, 0.25) is 0 Å². The van der Waals surface area contributed by atoms with Crippen LogP contribution in [0.4, 0.5) is 0 Å². The molecule has 1 rings (SSSR count). The fourth-order valence-electron chi connectivity index (χ4n) is 1.75. The van der Waals surface area contributed by atoms with Gasteiger partial charge in [-0.1, -0.05) is 6.92 Å². The summed E-state index contributed by atoms with van der Waals surface area (Å²) in [6.45, 7) is 7.80. The van der Waals surface area contributed by atoms with Gasteiger partial charge in [0.15, 0.2) is 0 Å². The first-order valence-electron chi connectivity index (χ1n) is 4.68. The average Bonchev–Trinajstić information content (AvgIpc) is 2.55. The molecule has 1 saturated heterocycles. The van der Waals surface area contributed by atoms with Gasteiger partial charge < -0.3 is 5.73 Å². The standard InChI is InChI=1S/C9H20N2/c1-3-9(2,8-10)11-6-4-5-7-11/h3-8,10H2,1-2H3. The zero-order valence-corrected chi connectivity index (χ0v) is 7.77. The molecule has 2 nitrogen and oxygen atoms in total. The van der Waals surface area contributed by atoms with Crippen LogP contribution in [0.3, 0.4) is 0 Å². The number of rotatable bonds is 3. The molecule has 66 valence electrons. The van der Waals surface area contributed by atoms with Crippen LogP contribution in [0.25, 0.3) is 0 Å². The summed E-state index contributed by atoms with van der Waals surface area (Å²) in [6, 6.07) is 0. The van der Waals surface area contributed by atoms with Crippen LogP contribution in [0.1, 0.15) is 33.1 Å². The van der Waals surface area contributed by atoms with Crippen molar-refractivity contribution in [1.29, 1.82) is 0 Å².